The summed E-state index contributed by atoms with van der Waals surface area (Å²) in [6.45, 7) is 3.71. The summed E-state index contributed by atoms with van der Waals surface area (Å²) in [7, 11) is 0. The first-order valence-electron chi connectivity index (χ1n) is 10.3. The number of rotatable bonds is 1. The standard InChI is InChI=1S/C21H26N4O3/c1-2-11-28-19(5-1)21-17-14-25(24-21)8-3-9-26-10-4-12-27-15-6-7-18-16(13-15)20(17)23-22-18/h6-7,13-14,19H,1-5,8-12H2,(H,22,23). The fourth-order valence-electron chi connectivity index (χ4n) is 4.00. The maximum atomic E-state index is 6.06. The Morgan fingerprint density at radius 2 is 2.00 bits per heavy atom. The molecule has 1 unspecified atom stereocenters. The summed E-state index contributed by atoms with van der Waals surface area (Å²) >= 11 is 0. The van der Waals surface area contributed by atoms with Gasteiger partial charge in [-0.25, -0.2) is 0 Å². The quantitative estimate of drug-likeness (QED) is 0.692. The molecule has 1 atom stereocenters. The van der Waals surface area contributed by atoms with Crippen molar-refractivity contribution >= 4 is 10.9 Å². The molecule has 1 saturated heterocycles. The lowest BCUT2D eigenvalue weighted by Gasteiger charge is -2.21. The summed E-state index contributed by atoms with van der Waals surface area (Å²) < 4.78 is 19.7. The first-order chi connectivity index (χ1) is 13.9. The first kappa shape index (κ1) is 17.7. The molecule has 0 aliphatic carbocycles. The van der Waals surface area contributed by atoms with E-state index in [-0.39, 0.29) is 6.10 Å². The van der Waals surface area contributed by atoms with Crippen LogP contribution in [0.5, 0.6) is 5.75 Å². The molecular formula is C21H26N4O3. The van der Waals surface area contributed by atoms with Gasteiger partial charge in [0.1, 0.15) is 23.2 Å². The molecule has 148 valence electrons. The molecule has 0 radical (unpaired) electrons. The van der Waals surface area contributed by atoms with Crippen LogP contribution in [0, 0.1) is 0 Å². The molecule has 1 aromatic carbocycles. The van der Waals surface area contributed by atoms with Crippen LogP contribution in [0.4, 0.5) is 0 Å². The van der Waals surface area contributed by atoms with E-state index in [1.165, 1.54) is 6.42 Å². The summed E-state index contributed by atoms with van der Waals surface area (Å²) in [5.41, 5.74) is 3.96. The van der Waals surface area contributed by atoms with Crippen molar-refractivity contribution in [1.82, 2.24) is 20.0 Å². The maximum Gasteiger partial charge on any atom is 0.120 e. The Labute approximate surface area is 164 Å². The Hall–Kier alpha value is -2.38. The summed E-state index contributed by atoms with van der Waals surface area (Å²) in [6, 6.07) is 6.08. The molecule has 2 aromatic heterocycles. The van der Waals surface area contributed by atoms with Crippen LogP contribution in [0.3, 0.4) is 0 Å². The van der Waals surface area contributed by atoms with Gasteiger partial charge in [0.25, 0.3) is 0 Å². The predicted octanol–water partition coefficient (Wildman–Crippen LogP) is 3.86. The van der Waals surface area contributed by atoms with E-state index in [2.05, 4.69) is 22.5 Å². The highest BCUT2D eigenvalue weighted by molar-refractivity contribution is 5.94. The Bertz CT molecular complexity index is 942. The Kier molecular flexibility index (Phi) is 5.01. The number of H-pyrrole nitrogens is 1. The van der Waals surface area contributed by atoms with Crippen molar-refractivity contribution in [3.8, 4) is 17.0 Å². The third-order valence-electron chi connectivity index (χ3n) is 5.44. The summed E-state index contributed by atoms with van der Waals surface area (Å²) in [5.74, 6) is 0.855. The number of aryl methyl sites for hydroxylation is 1. The van der Waals surface area contributed by atoms with Gasteiger partial charge in [-0.05, 0) is 43.9 Å². The lowest BCUT2D eigenvalue weighted by atomic mass is 10.0. The Morgan fingerprint density at radius 3 is 2.93 bits per heavy atom. The van der Waals surface area contributed by atoms with Crippen LogP contribution in [-0.4, -0.2) is 46.4 Å². The van der Waals surface area contributed by atoms with Crippen LogP contribution < -0.4 is 4.74 Å². The lowest BCUT2D eigenvalue weighted by Crippen LogP contribution is -2.13. The SMILES string of the molecule is c1cc2[nH]nc3c2cc1OCCCOCCCn1cc-3c(C2CCCCO2)n1. The molecule has 7 heteroatoms. The molecule has 4 heterocycles. The normalized spacial score (nSPS) is 21.2. The van der Waals surface area contributed by atoms with Gasteiger partial charge in [0.15, 0.2) is 0 Å². The molecule has 5 rings (SSSR count). The summed E-state index contributed by atoms with van der Waals surface area (Å²) in [4.78, 5) is 0. The highest BCUT2D eigenvalue weighted by atomic mass is 16.5. The number of hydrogen-bond donors (Lipinski definition) is 1. The smallest absolute Gasteiger partial charge is 0.120 e. The van der Waals surface area contributed by atoms with Crippen LogP contribution in [0.15, 0.2) is 24.4 Å². The van der Waals surface area contributed by atoms with Crippen LogP contribution in [-0.2, 0) is 16.0 Å². The number of fused-ring (bicyclic) bond motifs is 4. The third-order valence-corrected chi connectivity index (χ3v) is 5.44. The van der Waals surface area contributed by atoms with Crippen molar-refractivity contribution in [2.24, 2.45) is 0 Å². The average Bonchev–Trinajstić information content (AvgIpc) is 3.33. The Morgan fingerprint density at radius 1 is 1.04 bits per heavy atom. The predicted molar refractivity (Wildman–Crippen MR) is 105 cm³/mol. The van der Waals surface area contributed by atoms with Crippen LogP contribution in [0.25, 0.3) is 22.2 Å². The average molecular weight is 382 g/mol. The van der Waals surface area contributed by atoms with Crippen LogP contribution >= 0.6 is 0 Å². The zero-order chi connectivity index (χ0) is 18.8. The third kappa shape index (κ3) is 3.52. The van der Waals surface area contributed by atoms with E-state index in [0.29, 0.717) is 13.2 Å². The molecule has 3 aromatic rings. The molecule has 0 spiro atoms. The minimum Gasteiger partial charge on any atom is -0.493 e. The minimum atomic E-state index is 0.0336. The number of hydrogen-bond acceptors (Lipinski definition) is 5. The number of aromatic nitrogens is 4. The topological polar surface area (TPSA) is 74.2 Å². The van der Waals surface area contributed by atoms with E-state index in [4.69, 9.17) is 19.3 Å². The van der Waals surface area contributed by atoms with Crippen LogP contribution in [0.2, 0.25) is 0 Å². The molecule has 0 saturated carbocycles. The minimum absolute atomic E-state index is 0.0336. The molecule has 2 aliphatic rings. The molecule has 1 N–H and O–H groups in total. The van der Waals surface area contributed by atoms with Gasteiger partial charge in [0, 0.05) is 49.9 Å². The zero-order valence-electron chi connectivity index (χ0n) is 16.0. The summed E-state index contributed by atoms with van der Waals surface area (Å²) in [5, 5.41) is 13.8. The second-order valence-corrected chi connectivity index (χ2v) is 7.49. The van der Waals surface area contributed by atoms with Gasteiger partial charge >= 0.3 is 0 Å². The van der Waals surface area contributed by atoms with Gasteiger partial charge in [0.2, 0.25) is 0 Å². The van der Waals surface area contributed by atoms with Gasteiger partial charge in [0.05, 0.1) is 12.1 Å². The van der Waals surface area contributed by atoms with Crippen molar-refractivity contribution < 1.29 is 14.2 Å². The van der Waals surface area contributed by atoms with E-state index in [1.807, 2.05) is 16.8 Å². The van der Waals surface area contributed by atoms with E-state index in [9.17, 15) is 0 Å². The second kappa shape index (κ2) is 7.93. The molecule has 7 nitrogen and oxygen atoms in total. The van der Waals surface area contributed by atoms with Gasteiger partial charge in [-0.2, -0.15) is 10.2 Å². The van der Waals surface area contributed by atoms with E-state index >= 15 is 0 Å². The number of aromatic amines is 1. The Balaban J connectivity index is 1.60. The highest BCUT2D eigenvalue weighted by Gasteiger charge is 2.26. The van der Waals surface area contributed by atoms with E-state index in [1.54, 1.807) is 0 Å². The van der Waals surface area contributed by atoms with E-state index in [0.717, 1.165) is 79.0 Å². The first-order valence-corrected chi connectivity index (χ1v) is 10.3. The number of ether oxygens (including phenoxy) is 3. The number of benzene rings is 1. The monoisotopic (exact) mass is 382 g/mol. The van der Waals surface area contributed by atoms with Crippen molar-refractivity contribution in [3.63, 3.8) is 0 Å². The number of nitrogens with zero attached hydrogens (tertiary/aromatic N) is 3. The molecule has 1 fully saturated rings. The fourth-order valence-corrected chi connectivity index (χ4v) is 4.00. The van der Waals surface area contributed by atoms with Crippen molar-refractivity contribution in [3.05, 3.63) is 30.1 Å². The van der Waals surface area contributed by atoms with E-state index < -0.39 is 0 Å². The van der Waals surface area contributed by atoms with Gasteiger partial charge in [-0.3, -0.25) is 9.78 Å². The molecular weight excluding hydrogens is 356 g/mol. The maximum absolute atomic E-state index is 6.06. The van der Waals surface area contributed by atoms with Crippen molar-refractivity contribution in [2.45, 2.75) is 44.8 Å². The van der Waals surface area contributed by atoms with Crippen molar-refractivity contribution in [1.29, 1.82) is 0 Å². The van der Waals surface area contributed by atoms with Gasteiger partial charge < -0.3 is 14.2 Å². The summed E-state index contributed by atoms with van der Waals surface area (Å²) in [6.07, 6.45) is 7.24. The second-order valence-electron chi connectivity index (χ2n) is 7.49. The molecule has 28 heavy (non-hydrogen) atoms. The molecule has 0 amide bonds. The lowest BCUT2D eigenvalue weighted by molar-refractivity contribution is 0.0122. The fraction of sp³-hybridized carbons (Fsp3) is 0.524. The number of nitrogens with one attached hydrogen (secondary N) is 1. The van der Waals surface area contributed by atoms with Crippen molar-refractivity contribution in [2.75, 3.05) is 26.4 Å². The molecule has 4 bridgehead atoms. The van der Waals surface area contributed by atoms with Crippen LogP contribution in [0.1, 0.15) is 43.9 Å². The van der Waals surface area contributed by atoms with Gasteiger partial charge in [-0.1, -0.05) is 0 Å². The highest BCUT2D eigenvalue weighted by Crippen LogP contribution is 2.37. The zero-order valence-corrected chi connectivity index (χ0v) is 16.0. The van der Waals surface area contributed by atoms with Gasteiger partial charge in [-0.15, -0.1) is 0 Å². The largest absolute Gasteiger partial charge is 0.493 e. The molecule has 2 aliphatic heterocycles.